The van der Waals surface area contributed by atoms with Gasteiger partial charge >= 0.3 is 0 Å². The summed E-state index contributed by atoms with van der Waals surface area (Å²) in [5.41, 5.74) is 0.865. The average Bonchev–Trinajstić information content (AvgIpc) is 3.27. The van der Waals surface area contributed by atoms with Crippen LogP contribution < -0.4 is 10.6 Å². The van der Waals surface area contributed by atoms with Crippen molar-refractivity contribution in [2.75, 3.05) is 0 Å². The van der Waals surface area contributed by atoms with Crippen molar-refractivity contribution in [2.45, 2.75) is 38.3 Å². The Morgan fingerprint density at radius 2 is 2.04 bits per heavy atom. The van der Waals surface area contributed by atoms with Crippen molar-refractivity contribution >= 4 is 34.8 Å². The molecule has 0 spiro atoms. The highest BCUT2D eigenvalue weighted by atomic mass is 35.5. The van der Waals surface area contributed by atoms with E-state index in [-0.39, 0.29) is 34.2 Å². The van der Waals surface area contributed by atoms with Crippen LogP contribution in [0.25, 0.3) is 0 Å². The molecule has 3 rings (SSSR count). The maximum Gasteiger partial charge on any atom is 0.280 e. The normalized spacial score (nSPS) is 14.5. The molecule has 2 amide bonds. The third kappa shape index (κ3) is 4.55. The number of benzene rings is 1. The van der Waals surface area contributed by atoms with Gasteiger partial charge in [0, 0.05) is 18.0 Å². The number of hydrogen-bond donors (Lipinski definition) is 2. The third-order valence-corrected chi connectivity index (χ3v) is 5.19. The predicted molar refractivity (Wildman–Crippen MR) is 94.4 cm³/mol. The number of aromatic nitrogens is 1. The van der Waals surface area contributed by atoms with Crippen LogP contribution in [0.3, 0.4) is 0 Å². The molecule has 0 saturated heterocycles. The quantitative estimate of drug-likeness (QED) is 0.832. The molecule has 0 bridgehead atoms. The Hall–Kier alpha value is -1.99. The van der Waals surface area contributed by atoms with Gasteiger partial charge in [0.25, 0.3) is 11.8 Å². The molecule has 132 valence electrons. The molecule has 1 aliphatic rings. The molecule has 2 aromatic rings. The van der Waals surface area contributed by atoms with Crippen LogP contribution in [-0.4, -0.2) is 22.8 Å². The summed E-state index contributed by atoms with van der Waals surface area (Å²) in [6.07, 6.45) is 4.24. The van der Waals surface area contributed by atoms with Crippen molar-refractivity contribution in [3.05, 3.63) is 50.7 Å². The minimum atomic E-state index is -0.505. The van der Waals surface area contributed by atoms with E-state index < -0.39 is 11.7 Å². The largest absolute Gasteiger partial charge is 0.347 e. The predicted octanol–water partition coefficient (Wildman–Crippen LogP) is 3.54. The Kier molecular flexibility index (Phi) is 5.65. The molecule has 1 aromatic heterocycles. The van der Waals surface area contributed by atoms with Crippen molar-refractivity contribution in [2.24, 2.45) is 0 Å². The van der Waals surface area contributed by atoms with Gasteiger partial charge < -0.3 is 10.6 Å². The highest BCUT2D eigenvalue weighted by Crippen LogP contribution is 2.19. The lowest BCUT2D eigenvalue weighted by Gasteiger charge is -2.09. The zero-order chi connectivity index (χ0) is 17.8. The number of hydrogen-bond acceptors (Lipinski definition) is 4. The first-order valence-corrected chi connectivity index (χ1v) is 9.27. The van der Waals surface area contributed by atoms with E-state index in [4.69, 9.17) is 11.6 Å². The van der Waals surface area contributed by atoms with E-state index in [1.807, 2.05) is 0 Å². The summed E-state index contributed by atoms with van der Waals surface area (Å²) in [7, 11) is 0. The molecular weight excluding hydrogens is 365 g/mol. The summed E-state index contributed by atoms with van der Waals surface area (Å²) >= 11 is 6.85. The van der Waals surface area contributed by atoms with Crippen LogP contribution in [0.1, 0.15) is 51.5 Å². The summed E-state index contributed by atoms with van der Waals surface area (Å²) in [5.74, 6) is -1.13. The highest BCUT2D eigenvalue weighted by molar-refractivity contribution is 7.11. The fraction of sp³-hybridized carbons (Fsp3) is 0.353. The first-order chi connectivity index (χ1) is 12.0. The van der Waals surface area contributed by atoms with E-state index in [2.05, 4.69) is 15.6 Å². The van der Waals surface area contributed by atoms with Gasteiger partial charge in [-0.25, -0.2) is 9.37 Å². The van der Waals surface area contributed by atoms with Gasteiger partial charge in [-0.05, 0) is 30.5 Å². The van der Waals surface area contributed by atoms with Gasteiger partial charge in [0.15, 0.2) is 5.01 Å². The molecule has 5 nitrogen and oxygen atoms in total. The summed E-state index contributed by atoms with van der Waals surface area (Å²) in [6.45, 7) is 0.194. The van der Waals surface area contributed by atoms with Gasteiger partial charge in [0.05, 0.1) is 5.02 Å². The minimum absolute atomic E-state index is 0.00581. The van der Waals surface area contributed by atoms with Gasteiger partial charge in [0.2, 0.25) is 0 Å². The molecule has 0 atom stereocenters. The van der Waals surface area contributed by atoms with Crippen molar-refractivity contribution in [3.63, 3.8) is 0 Å². The first-order valence-electron chi connectivity index (χ1n) is 8.01. The molecule has 0 aliphatic heterocycles. The molecule has 2 N–H and O–H groups in total. The van der Waals surface area contributed by atoms with Gasteiger partial charge in [-0.1, -0.05) is 30.5 Å². The molecule has 1 heterocycles. The molecular formula is C17H17ClFN3O2S. The lowest BCUT2D eigenvalue weighted by Crippen LogP contribution is -2.32. The van der Waals surface area contributed by atoms with E-state index in [1.165, 1.54) is 12.1 Å². The monoisotopic (exact) mass is 381 g/mol. The van der Waals surface area contributed by atoms with Crippen LogP contribution in [0, 0.1) is 5.82 Å². The Morgan fingerprint density at radius 3 is 2.76 bits per heavy atom. The van der Waals surface area contributed by atoms with Gasteiger partial charge in [0.1, 0.15) is 11.5 Å². The molecule has 1 aromatic carbocycles. The van der Waals surface area contributed by atoms with Crippen LogP contribution in [0.5, 0.6) is 0 Å². The Labute approximate surface area is 153 Å². The highest BCUT2D eigenvalue weighted by Gasteiger charge is 2.21. The fourth-order valence-corrected chi connectivity index (χ4v) is 3.63. The second-order valence-corrected chi connectivity index (χ2v) is 7.19. The zero-order valence-corrected chi connectivity index (χ0v) is 14.9. The minimum Gasteiger partial charge on any atom is -0.347 e. The molecule has 8 heteroatoms. The average molecular weight is 382 g/mol. The number of nitrogens with zero attached hydrogens (tertiary/aromatic N) is 1. The number of carbonyl (C=O) groups excluding carboxylic acids is 2. The van der Waals surface area contributed by atoms with Gasteiger partial charge in [-0.3, -0.25) is 9.59 Å². The molecule has 0 radical (unpaired) electrons. The van der Waals surface area contributed by atoms with E-state index in [1.54, 1.807) is 11.4 Å². The van der Waals surface area contributed by atoms with Crippen LogP contribution in [0.4, 0.5) is 4.39 Å². The van der Waals surface area contributed by atoms with Crippen molar-refractivity contribution in [1.82, 2.24) is 15.6 Å². The topological polar surface area (TPSA) is 71.1 Å². The maximum absolute atomic E-state index is 13.1. The fourth-order valence-electron chi connectivity index (χ4n) is 2.72. The number of nitrogens with one attached hydrogen (secondary N) is 2. The summed E-state index contributed by atoms with van der Waals surface area (Å²) in [6, 6.07) is 4.46. The number of rotatable bonds is 5. The second kappa shape index (κ2) is 7.93. The zero-order valence-electron chi connectivity index (χ0n) is 13.4. The second-order valence-electron chi connectivity index (χ2n) is 5.92. The molecule has 0 unspecified atom stereocenters. The molecule has 1 fully saturated rings. The number of thiazole rings is 1. The summed E-state index contributed by atoms with van der Waals surface area (Å²) in [4.78, 5) is 28.4. The van der Waals surface area contributed by atoms with Gasteiger partial charge in [-0.2, -0.15) is 0 Å². The van der Waals surface area contributed by atoms with Gasteiger partial charge in [-0.15, -0.1) is 11.3 Å². The SMILES string of the molecule is O=C(NCc1ccc(F)c(Cl)c1)c1csc(C(=O)NC2CCCC2)n1. The van der Waals surface area contributed by atoms with Crippen LogP contribution in [0.15, 0.2) is 23.6 Å². The lowest BCUT2D eigenvalue weighted by atomic mass is 10.2. The van der Waals surface area contributed by atoms with E-state index in [0.29, 0.717) is 5.56 Å². The maximum atomic E-state index is 13.1. The van der Waals surface area contributed by atoms with Crippen LogP contribution >= 0.6 is 22.9 Å². The molecule has 1 saturated carbocycles. The number of amides is 2. The lowest BCUT2D eigenvalue weighted by molar-refractivity contribution is 0.0937. The van der Waals surface area contributed by atoms with Crippen LogP contribution in [0.2, 0.25) is 5.02 Å². The van der Waals surface area contributed by atoms with Crippen LogP contribution in [-0.2, 0) is 6.54 Å². The van der Waals surface area contributed by atoms with Crippen molar-refractivity contribution in [3.8, 4) is 0 Å². The summed E-state index contributed by atoms with van der Waals surface area (Å²) in [5, 5.41) is 7.46. The van der Waals surface area contributed by atoms with E-state index >= 15 is 0 Å². The Bertz CT molecular complexity index is 790. The number of carbonyl (C=O) groups is 2. The van der Waals surface area contributed by atoms with Crippen molar-refractivity contribution < 1.29 is 14.0 Å². The Morgan fingerprint density at radius 1 is 1.28 bits per heavy atom. The number of halogens is 2. The third-order valence-electron chi connectivity index (χ3n) is 4.06. The Balaban J connectivity index is 1.56. The first kappa shape index (κ1) is 17.8. The standard InChI is InChI=1S/C17H17ClFN3O2S/c18-12-7-10(5-6-13(12)19)8-20-15(23)14-9-25-17(22-14)16(24)21-11-3-1-2-4-11/h5-7,9,11H,1-4,8H2,(H,20,23)(H,21,24). The summed E-state index contributed by atoms with van der Waals surface area (Å²) < 4.78 is 13.1. The van der Waals surface area contributed by atoms with Crippen molar-refractivity contribution in [1.29, 1.82) is 0 Å². The van der Waals surface area contributed by atoms with E-state index in [0.717, 1.165) is 37.0 Å². The molecule has 25 heavy (non-hydrogen) atoms. The van der Waals surface area contributed by atoms with E-state index in [9.17, 15) is 14.0 Å². The molecule has 1 aliphatic carbocycles. The smallest absolute Gasteiger partial charge is 0.280 e.